The van der Waals surface area contributed by atoms with Crippen molar-refractivity contribution in [3.05, 3.63) is 29.8 Å². The number of thioether (sulfide) groups is 1. The van der Waals surface area contributed by atoms with Gasteiger partial charge in [-0.1, -0.05) is 19.1 Å². The van der Waals surface area contributed by atoms with Crippen molar-refractivity contribution in [2.45, 2.75) is 18.4 Å². The predicted molar refractivity (Wildman–Crippen MR) is 88.5 cm³/mol. The molecular weight excluding hydrogens is 266 g/mol. The quantitative estimate of drug-likeness (QED) is 0.776. The highest BCUT2D eigenvalue weighted by atomic mass is 32.2. The number of rotatable bonds is 7. The molecule has 3 nitrogen and oxygen atoms in total. The molecule has 2 rings (SSSR count). The molecule has 0 bridgehead atoms. The number of hydrogen-bond acceptors (Lipinski definition) is 4. The lowest BCUT2D eigenvalue weighted by molar-refractivity contribution is 0.161. The van der Waals surface area contributed by atoms with Crippen LogP contribution in [0.5, 0.6) is 0 Å². The lowest BCUT2D eigenvalue weighted by Gasteiger charge is -2.32. The highest BCUT2D eigenvalue weighted by Gasteiger charge is 2.12. The van der Waals surface area contributed by atoms with Crippen LogP contribution in [0.2, 0.25) is 0 Å². The average molecular weight is 293 g/mol. The maximum atomic E-state index is 3.36. The molecule has 1 aromatic carbocycles. The normalized spacial score (nSPS) is 17.5. The molecule has 1 heterocycles. The second-order valence-corrected chi connectivity index (χ2v) is 6.59. The zero-order chi connectivity index (χ0) is 14.2. The molecule has 0 unspecified atom stereocenters. The summed E-state index contributed by atoms with van der Waals surface area (Å²) in [6.07, 6.45) is 0. The minimum absolute atomic E-state index is 0.975. The topological polar surface area (TPSA) is 18.5 Å². The average Bonchev–Trinajstić information content (AvgIpc) is 2.48. The first kappa shape index (κ1) is 15.8. The van der Waals surface area contributed by atoms with E-state index in [4.69, 9.17) is 0 Å². The van der Waals surface area contributed by atoms with Crippen molar-refractivity contribution in [2.75, 3.05) is 52.1 Å². The fraction of sp³-hybridized carbons (Fsp3) is 0.625. The lowest BCUT2D eigenvalue weighted by Crippen LogP contribution is -2.45. The van der Waals surface area contributed by atoms with E-state index in [1.165, 1.54) is 48.9 Å². The monoisotopic (exact) mass is 293 g/mol. The maximum Gasteiger partial charge on any atom is 0.0205 e. The number of piperazine rings is 1. The van der Waals surface area contributed by atoms with E-state index < -0.39 is 0 Å². The van der Waals surface area contributed by atoms with Crippen molar-refractivity contribution in [1.82, 2.24) is 15.1 Å². The largest absolute Gasteiger partial charge is 0.313 e. The van der Waals surface area contributed by atoms with Crippen LogP contribution in [-0.4, -0.2) is 61.9 Å². The summed E-state index contributed by atoms with van der Waals surface area (Å²) in [7, 11) is 2.21. The standard InChI is InChI=1S/C16H27N3S/c1-3-17-14-15-4-6-16(7-5-15)20-13-12-19-10-8-18(2)9-11-19/h4-7,17H,3,8-14H2,1-2H3. The number of nitrogens with zero attached hydrogens (tertiary/aromatic N) is 2. The van der Waals surface area contributed by atoms with Crippen molar-refractivity contribution >= 4 is 11.8 Å². The molecule has 112 valence electrons. The molecule has 1 aliphatic heterocycles. The molecule has 1 N–H and O–H groups in total. The van der Waals surface area contributed by atoms with E-state index in [0.29, 0.717) is 0 Å². The van der Waals surface area contributed by atoms with E-state index in [0.717, 1.165) is 13.1 Å². The molecule has 0 amide bonds. The van der Waals surface area contributed by atoms with E-state index in [1.807, 2.05) is 11.8 Å². The molecule has 1 saturated heterocycles. The molecule has 0 aliphatic carbocycles. The molecular formula is C16H27N3S. The van der Waals surface area contributed by atoms with Crippen molar-refractivity contribution < 1.29 is 0 Å². The van der Waals surface area contributed by atoms with Crippen LogP contribution in [0.1, 0.15) is 12.5 Å². The summed E-state index contributed by atoms with van der Waals surface area (Å²) < 4.78 is 0. The molecule has 1 aromatic rings. The number of nitrogens with one attached hydrogen (secondary N) is 1. The summed E-state index contributed by atoms with van der Waals surface area (Å²) in [4.78, 5) is 6.37. The van der Waals surface area contributed by atoms with Gasteiger partial charge in [0.15, 0.2) is 0 Å². The van der Waals surface area contributed by atoms with Gasteiger partial charge in [0.2, 0.25) is 0 Å². The Kier molecular flexibility index (Phi) is 6.87. The van der Waals surface area contributed by atoms with Gasteiger partial charge in [-0.15, -0.1) is 11.8 Å². The van der Waals surface area contributed by atoms with Crippen molar-refractivity contribution in [3.8, 4) is 0 Å². The first-order valence-corrected chi connectivity index (χ1v) is 8.60. The summed E-state index contributed by atoms with van der Waals surface area (Å²) >= 11 is 1.97. The molecule has 1 aliphatic rings. The second-order valence-electron chi connectivity index (χ2n) is 5.42. The lowest BCUT2D eigenvalue weighted by atomic mass is 10.2. The Morgan fingerprint density at radius 1 is 1.10 bits per heavy atom. The van der Waals surface area contributed by atoms with Crippen LogP contribution >= 0.6 is 11.8 Å². The van der Waals surface area contributed by atoms with Crippen LogP contribution in [0.15, 0.2) is 29.2 Å². The zero-order valence-corrected chi connectivity index (χ0v) is 13.6. The third kappa shape index (κ3) is 5.44. The third-order valence-electron chi connectivity index (χ3n) is 3.77. The van der Waals surface area contributed by atoms with Gasteiger partial charge in [-0.2, -0.15) is 0 Å². The molecule has 1 fully saturated rings. The summed E-state index contributed by atoms with van der Waals surface area (Å²) in [5.74, 6) is 1.19. The van der Waals surface area contributed by atoms with Crippen LogP contribution < -0.4 is 5.32 Å². The Labute approximate surface area is 127 Å². The second kappa shape index (κ2) is 8.67. The minimum Gasteiger partial charge on any atom is -0.313 e. The summed E-state index contributed by atoms with van der Waals surface area (Å²) in [5.41, 5.74) is 1.37. The van der Waals surface area contributed by atoms with Crippen molar-refractivity contribution in [1.29, 1.82) is 0 Å². The Morgan fingerprint density at radius 3 is 2.45 bits per heavy atom. The first-order chi connectivity index (χ1) is 9.78. The zero-order valence-electron chi connectivity index (χ0n) is 12.8. The third-order valence-corrected chi connectivity index (χ3v) is 4.77. The first-order valence-electron chi connectivity index (χ1n) is 7.61. The van der Waals surface area contributed by atoms with Crippen LogP contribution in [0.4, 0.5) is 0 Å². The van der Waals surface area contributed by atoms with Crippen LogP contribution in [0, 0.1) is 0 Å². The summed E-state index contributed by atoms with van der Waals surface area (Å²) in [6.45, 7) is 10.2. The van der Waals surface area contributed by atoms with Crippen molar-refractivity contribution in [3.63, 3.8) is 0 Å². The summed E-state index contributed by atoms with van der Waals surface area (Å²) in [5, 5.41) is 3.36. The molecule has 0 radical (unpaired) electrons. The molecule has 0 atom stereocenters. The Morgan fingerprint density at radius 2 is 1.80 bits per heavy atom. The van der Waals surface area contributed by atoms with Gasteiger partial charge in [-0.25, -0.2) is 0 Å². The van der Waals surface area contributed by atoms with E-state index >= 15 is 0 Å². The van der Waals surface area contributed by atoms with Gasteiger partial charge in [-0.3, -0.25) is 4.90 Å². The summed E-state index contributed by atoms with van der Waals surface area (Å²) in [6, 6.07) is 8.98. The Hall–Kier alpha value is -0.550. The highest BCUT2D eigenvalue weighted by Crippen LogP contribution is 2.18. The Bertz CT molecular complexity index is 372. The van der Waals surface area contributed by atoms with Crippen molar-refractivity contribution in [2.24, 2.45) is 0 Å². The molecule has 0 saturated carbocycles. The fourth-order valence-electron chi connectivity index (χ4n) is 2.34. The van der Waals surface area contributed by atoms with E-state index in [2.05, 4.69) is 53.4 Å². The number of hydrogen-bond donors (Lipinski definition) is 1. The van der Waals surface area contributed by atoms with Gasteiger partial charge in [0.25, 0.3) is 0 Å². The van der Waals surface area contributed by atoms with Gasteiger partial charge in [0, 0.05) is 49.9 Å². The van der Waals surface area contributed by atoms with Gasteiger partial charge in [0.05, 0.1) is 0 Å². The number of likely N-dealkylation sites (N-methyl/N-ethyl adjacent to an activating group) is 1. The van der Waals surface area contributed by atoms with E-state index in [1.54, 1.807) is 0 Å². The van der Waals surface area contributed by atoms with Gasteiger partial charge >= 0.3 is 0 Å². The minimum atomic E-state index is 0.975. The maximum absolute atomic E-state index is 3.36. The highest BCUT2D eigenvalue weighted by molar-refractivity contribution is 7.99. The number of benzene rings is 1. The molecule has 0 spiro atoms. The van der Waals surface area contributed by atoms with Crippen LogP contribution in [0.25, 0.3) is 0 Å². The molecule has 20 heavy (non-hydrogen) atoms. The SMILES string of the molecule is CCNCc1ccc(SCCN2CCN(C)CC2)cc1. The fourth-order valence-corrected chi connectivity index (χ4v) is 3.25. The molecule has 0 aromatic heterocycles. The Balaban J connectivity index is 1.66. The van der Waals surface area contributed by atoms with E-state index in [-0.39, 0.29) is 0 Å². The predicted octanol–water partition coefficient (Wildman–Crippen LogP) is 2.14. The van der Waals surface area contributed by atoms with Gasteiger partial charge in [0.1, 0.15) is 0 Å². The van der Waals surface area contributed by atoms with Crippen LogP contribution in [0.3, 0.4) is 0 Å². The smallest absolute Gasteiger partial charge is 0.0205 e. The van der Waals surface area contributed by atoms with E-state index in [9.17, 15) is 0 Å². The van der Waals surface area contributed by atoms with Crippen LogP contribution in [-0.2, 0) is 6.54 Å². The van der Waals surface area contributed by atoms with Gasteiger partial charge < -0.3 is 10.2 Å². The van der Waals surface area contributed by atoms with Gasteiger partial charge in [-0.05, 0) is 31.3 Å². The molecule has 4 heteroatoms.